The lowest BCUT2D eigenvalue weighted by Crippen LogP contribution is -2.52. The number of nitrogens with one attached hydrogen (secondary N) is 4. The summed E-state index contributed by atoms with van der Waals surface area (Å²) in [6.07, 6.45) is 0. The van der Waals surface area contributed by atoms with Crippen LogP contribution in [-0.2, 0) is 9.59 Å². The van der Waals surface area contributed by atoms with E-state index < -0.39 is 36.5 Å². The van der Waals surface area contributed by atoms with Gasteiger partial charge in [-0.25, -0.2) is 4.79 Å². The molecule has 4 amide bonds. The Morgan fingerprint density at radius 3 is 2.61 bits per heavy atom. The molecule has 1 aromatic carbocycles. The molecule has 9 nitrogen and oxygen atoms in total. The predicted octanol–water partition coefficient (Wildman–Crippen LogP) is -1.21. The van der Waals surface area contributed by atoms with E-state index in [0.29, 0.717) is 11.4 Å². The Balaban J connectivity index is 1.92. The average molecular weight is 322 g/mol. The molecule has 9 heteroatoms. The van der Waals surface area contributed by atoms with E-state index in [0.717, 1.165) is 0 Å². The Bertz CT molecular complexity index is 589. The van der Waals surface area contributed by atoms with Crippen LogP contribution in [0.25, 0.3) is 0 Å². The summed E-state index contributed by atoms with van der Waals surface area (Å²) in [4.78, 5) is 35.0. The van der Waals surface area contributed by atoms with Crippen molar-refractivity contribution in [2.24, 2.45) is 0 Å². The Hall–Kier alpha value is -2.81. The summed E-state index contributed by atoms with van der Waals surface area (Å²) in [5.74, 6) is -0.477. The summed E-state index contributed by atoms with van der Waals surface area (Å²) >= 11 is 0. The van der Waals surface area contributed by atoms with E-state index in [1.54, 1.807) is 24.3 Å². The van der Waals surface area contributed by atoms with Crippen molar-refractivity contribution in [2.45, 2.75) is 12.1 Å². The number of anilines is 1. The summed E-state index contributed by atoms with van der Waals surface area (Å²) in [5.41, 5.74) is 0.499. The van der Waals surface area contributed by atoms with Gasteiger partial charge in [-0.2, -0.15) is 0 Å². The van der Waals surface area contributed by atoms with Crippen molar-refractivity contribution < 1.29 is 24.2 Å². The number of benzene rings is 1. The average Bonchev–Trinajstić information content (AvgIpc) is 2.99. The highest BCUT2D eigenvalue weighted by Gasteiger charge is 2.30. The van der Waals surface area contributed by atoms with Gasteiger partial charge in [-0.15, -0.1) is 0 Å². The zero-order chi connectivity index (χ0) is 16.8. The topological polar surface area (TPSA) is 129 Å². The molecule has 0 radical (unpaired) electrons. The van der Waals surface area contributed by atoms with Gasteiger partial charge in [0, 0.05) is 12.2 Å². The van der Waals surface area contributed by atoms with Crippen LogP contribution in [0.2, 0.25) is 0 Å². The smallest absolute Gasteiger partial charge is 0.315 e. The van der Waals surface area contributed by atoms with Gasteiger partial charge in [0.2, 0.25) is 11.8 Å². The molecule has 5 N–H and O–H groups in total. The quantitative estimate of drug-likeness (QED) is 0.449. The van der Waals surface area contributed by atoms with Crippen LogP contribution in [0.5, 0.6) is 5.75 Å². The number of carbonyl (C=O) groups excluding carboxylic acids is 3. The van der Waals surface area contributed by atoms with Crippen molar-refractivity contribution in [1.29, 1.82) is 0 Å². The summed E-state index contributed by atoms with van der Waals surface area (Å²) in [6, 6.07) is 4.26. The zero-order valence-electron chi connectivity index (χ0n) is 12.5. The molecule has 1 aromatic rings. The Morgan fingerprint density at radius 2 is 2.09 bits per heavy atom. The maximum absolute atomic E-state index is 12.1. The molecule has 1 fully saturated rings. The number of hydrogen-bond donors (Lipinski definition) is 5. The highest BCUT2D eigenvalue weighted by atomic mass is 16.5. The SMILES string of the molecule is COc1ccc(NC(=O)[C@H](CO)NC(=O)C2CNC(=O)N2)cc1. The molecule has 0 aliphatic carbocycles. The lowest BCUT2D eigenvalue weighted by atomic mass is 10.2. The maximum atomic E-state index is 12.1. The Kier molecular flexibility index (Phi) is 5.36. The van der Waals surface area contributed by atoms with Gasteiger partial charge in [0.1, 0.15) is 17.8 Å². The number of methoxy groups -OCH3 is 1. The van der Waals surface area contributed by atoms with E-state index in [-0.39, 0.29) is 6.54 Å². The minimum atomic E-state index is -1.12. The second-order valence-electron chi connectivity index (χ2n) is 4.87. The molecular weight excluding hydrogens is 304 g/mol. The van der Waals surface area contributed by atoms with Crippen LogP contribution in [0.4, 0.5) is 10.5 Å². The third kappa shape index (κ3) is 4.33. The fourth-order valence-electron chi connectivity index (χ4n) is 1.98. The number of amides is 4. The first-order valence-electron chi connectivity index (χ1n) is 6.94. The summed E-state index contributed by atoms with van der Waals surface area (Å²) in [5, 5.41) is 19.1. The molecule has 1 saturated heterocycles. The second kappa shape index (κ2) is 7.45. The molecule has 0 saturated carbocycles. The van der Waals surface area contributed by atoms with Crippen molar-refractivity contribution in [3.8, 4) is 5.75 Å². The van der Waals surface area contributed by atoms with Gasteiger partial charge in [-0.05, 0) is 24.3 Å². The highest BCUT2D eigenvalue weighted by Crippen LogP contribution is 2.15. The molecule has 2 atom stereocenters. The number of carbonyl (C=O) groups is 3. The number of aliphatic hydroxyl groups excluding tert-OH is 1. The summed E-state index contributed by atoms with van der Waals surface area (Å²) in [7, 11) is 1.53. The van der Waals surface area contributed by atoms with Crippen LogP contribution >= 0.6 is 0 Å². The maximum Gasteiger partial charge on any atom is 0.315 e. The van der Waals surface area contributed by atoms with Crippen LogP contribution in [0, 0.1) is 0 Å². The lowest BCUT2D eigenvalue weighted by Gasteiger charge is -2.18. The van der Waals surface area contributed by atoms with E-state index in [1.165, 1.54) is 7.11 Å². The Labute approximate surface area is 132 Å². The summed E-state index contributed by atoms with van der Waals surface area (Å²) in [6.45, 7) is -0.440. The highest BCUT2D eigenvalue weighted by molar-refractivity contribution is 5.99. The van der Waals surface area contributed by atoms with E-state index in [1.807, 2.05) is 0 Å². The minimum Gasteiger partial charge on any atom is -0.497 e. The zero-order valence-corrected chi connectivity index (χ0v) is 12.5. The van der Waals surface area contributed by atoms with Crippen LogP contribution in [0.1, 0.15) is 0 Å². The van der Waals surface area contributed by atoms with Gasteiger partial charge in [-0.1, -0.05) is 0 Å². The molecule has 0 aromatic heterocycles. The third-order valence-electron chi connectivity index (χ3n) is 3.26. The van der Waals surface area contributed by atoms with E-state index >= 15 is 0 Å². The molecule has 1 unspecified atom stereocenters. The van der Waals surface area contributed by atoms with Crippen LogP contribution in [0.3, 0.4) is 0 Å². The summed E-state index contributed by atoms with van der Waals surface area (Å²) < 4.78 is 5.01. The number of rotatable bonds is 6. The van der Waals surface area contributed by atoms with Gasteiger partial charge >= 0.3 is 6.03 Å². The normalized spacial score (nSPS) is 17.7. The number of aliphatic hydroxyl groups is 1. The van der Waals surface area contributed by atoms with Gasteiger partial charge in [-0.3, -0.25) is 9.59 Å². The number of hydrogen-bond acceptors (Lipinski definition) is 5. The van der Waals surface area contributed by atoms with Crippen molar-refractivity contribution in [1.82, 2.24) is 16.0 Å². The van der Waals surface area contributed by atoms with Crippen molar-refractivity contribution in [3.63, 3.8) is 0 Å². The van der Waals surface area contributed by atoms with Gasteiger partial charge in [0.15, 0.2) is 0 Å². The molecule has 2 rings (SSSR count). The van der Waals surface area contributed by atoms with Gasteiger partial charge in [0.05, 0.1) is 13.7 Å². The molecule has 1 heterocycles. The predicted molar refractivity (Wildman–Crippen MR) is 81.0 cm³/mol. The minimum absolute atomic E-state index is 0.128. The van der Waals surface area contributed by atoms with Crippen molar-refractivity contribution >= 4 is 23.5 Å². The third-order valence-corrected chi connectivity index (χ3v) is 3.26. The standard InChI is InChI=1S/C14H18N4O5/c1-23-9-4-2-8(3-5-9)16-13(21)11(7-19)17-12(20)10-6-15-14(22)18-10/h2-5,10-11,19H,6-7H2,1H3,(H,16,21)(H,17,20)(H2,15,18,22)/t10?,11-/m0/s1. The molecular formula is C14H18N4O5. The van der Waals surface area contributed by atoms with Gasteiger partial charge < -0.3 is 31.1 Å². The van der Waals surface area contributed by atoms with E-state index in [9.17, 15) is 19.5 Å². The van der Waals surface area contributed by atoms with Crippen LogP contribution in [0.15, 0.2) is 24.3 Å². The Morgan fingerprint density at radius 1 is 1.39 bits per heavy atom. The molecule has 1 aliphatic rings. The van der Waals surface area contributed by atoms with Crippen molar-refractivity contribution in [2.75, 3.05) is 25.6 Å². The monoisotopic (exact) mass is 322 g/mol. The largest absolute Gasteiger partial charge is 0.497 e. The lowest BCUT2D eigenvalue weighted by molar-refractivity contribution is -0.128. The number of urea groups is 1. The first kappa shape index (κ1) is 16.6. The van der Waals surface area contributed by atoms with Crippen LogP contribution < -0.4 is 26.0 Å². The first-order chi connectivity index (χ1) is 11.0. The number of ether oxygens (including phenoxy) is 1. The van der Waals surface area contributed by atoms with E-state index in [4.69, 9.17) is 4.74 Å². The first-order valence-corrected chi connectivity index (χ1v) is 6.94. The van der Waals surface area contributed by atoms with E-state index in [2.05, 4.69) is 21.3 Å². The molecule has 23 heavy (non-hydrogen) atoms. The van der Waals surface area contributed by atoms with Crippen molar-refractivity contribution in [3.05, 3.63) is 24.3 Å². The molecule has 124 valence electrons. The fraction of sp³-hybridized carbons (Fsp3) is 0.357. The molecule has 0 spiro atoms. The van der Waals surface area contributed by atoms with Gasteiger partial charge in [0.25, 0.3) is 0 Å². The second-order valence-corrected chi connectivity index (χ2v) is 4.87. The van der Waals surface area contributed by atoms with Crippen LogP contribution in [-0.4, -0.2) is 55.3 Å². The molecule has 1 aliphatic heterocycles. The fourth-order valence-corrected chi connectivity index (χ4v) is 1.98. The molecule has 0 bridgehead atoms.